The number of benzene rings is 1. The van der Waals surface area contributed by atoms with Crippen LogP contribution in [0.25, 0.3) is 0 Å². The van der Waals surface area contributed by atoms with E-state index in [2.05, 4.69) is 22.4 Å². The maximum absolute atomic E-state index is 13.1. The number of hydrogen-bond acceptors (Lipinski definition) is 3. The Morgan fingerprint density at radius 3 is 2.68 bits per heavy atom. The molecule has 0 amide bonds. The van der Waals surface area contributed by atoms with Gasteiger partial charge in [-0.1, -0.05) is 6.07 Å². The topological polar surface area (TPSA) is 15.6 Å². The standard InChI is InChI=1S/C13H13F3N2S/c1-18-6-2-3-12(18)10-5-4-9(17-8-19)7-11(10)13(14,15)16/h4-5,7,12H,2-3,6H2,1H3/t12-/m1/s1. The summed E-state index contributed by atoms with van der Waals surface area (Å²) >= 11 is 4.42. The molecule has 0 aromatic heterocycles. The minimum Gasteiger partial charge on any atom is -0.299 e. The summed E-state index contributed by atoms with van der Waals surface area (Å²) in [6, 6.07) is 3.92. The van der Waals surface area contributed by atoms with Gasteiger partial charge in [0.2, 0.25) is 0 Å². The molecule has 0 bridgehead atoms. The highest BCUT2D eigenvalue weighted by Gasteiger charge is 2.37. The number of alkyl halides is 3. The molecule has 102 valence electrons. The highest BCUT2D eigenvalue weighted by molar-refractivity contribution is 7.78. The van der Waals surface area contributed by atoms with Crippen molar-refractivity contribution in [3.05, 3.63) is 29.3 Å². The number of aliphatic imine (C=N–C) groups is 1. The van der Waals surface area contributed by atoms with Crippen molar-refractivity contribution < 1.29 is 13.2 Å². The highest BCUT2D eigenvalue weighted by atomic mass is 32.1. The molecule has 2 rings (SSSR count). The van der Waals surface area contributed by atoms with Crippen molar-refractivity contribution in [2.75, 3.05) is 13.6 Å². The van der Waals surface area contributed by atoms with Crippen molar-refractivity contribution in [3.63, 3.8) is 0 Å². The first-order valence-corrected chi connectivity index (χ1v) is 6.33. The summed E-state index contributed by atoms with van der Waals surface area (Å²) in [6.07, 6.45) is -2.72. The smallest absolute Gasteiger partial charge is 0.299 e. The fourth-order valence-electron chi connectivity index (χ4n) is 2.51. The van der Waals surface area contributed by atoms with Crippen molar-refractivity contribution in [1.82, 2.24) is 4.90 Å². The number of rotatable bonds is 2. The molecular formula is C13H13F3N2S. The average Bonchev–Trinajstić information content (AvgIpc) is 2.75. The van der Waals surface area contributed by atoms with Gasteiger partial charge >= 0.3 is 6.18 Å². The van der Waals surface area contributed by atoms with Gasteiger partial charge in [0.25, 0.3) is 0 Å². The third-order valence-electron chi connectivity index (χ3n) is 3.40. The molecule has 1 aliphatic heterocycles. The Hall–Kier alpha value is -1.23. The SMILES string of the molecule is CN1CCC[C@@H]1c1ccc(N=C=S)cc1C(F)(F)F. The van der Waals surface area contributed by atoms with E-state index in [0.717, 1.165) is 25.5 Å². The van der Waals surface area contributed by atoms with Crippen LogP contribution in [-0.2, 0) is 6.18 Å². The van der Waals surface area contributed by atoms with Crippen LogP contribution in [0.2, 0.25) is 0 Å². The van der Waals surface area contributed by atoms with E-state index in [1.165, 1.54) is 6.07 Å². The number of likely N-dealkylation sites (tertiary alicyclic amines) is 1. The number of halogens is 3. The van der Waals surface area contributed by atoms with Gasteiger partial charge in [0, 0.05) is 6.04 Å². The van der Waals surface area contributed by atoms with Crippen LogP contribution in [0, 0.1) is 0 Å². The molecular weight excluding hydrogens is 273 g/mol. The van der Waals surface area contributed by atoms with Crippen LogP contribution in [0.3, 0.4) is 0 Å². The van der Waals surface area contributed by atoms with Crippen molar-refractivity contribution in [3.8, 4) is 0 Å². The fraction of sp³-hybridized carbons (Fsp3) is 0.462. The van der Waals surface area contributed by atoms with E-state index in [9.17, 15) is 13.2 Å². The van der Waals surface area contributed by atoms with E-state index in [0.29, 0.717) is 5.56 Å². The lowest BCUT2D eigenvalue weighted by Crippen LogP contribution is -2.21. The van der Waals surface area contributed by atoms with E-state index in [1.54, 1.807) is 6.07 Å². The van der Waals surface area contributed by atoms with Crippen LogP contribution in [-0.4, -0.2) is 23.7 Å². The van der Waals surface area contributed by atoms with Crippen LogP contribution < -0.4 is 0 Å². The summed E-state index contributed by atoms with van der Waals surface area (Å²) in [5.41, 5.74) is -0.125. The number of isothiocyanates is 1. The van der Waals surface area contributed by atoms with Gasteiger partial charge in [0.15, 0.2) is 0 Å². The largest absolute Gasteiger partial charge is 0.416 e. The van der Waals surface area contributed by atoms with Gasteiger partial charge in [0.1, 0.15) is 0 Å². The average molecular weight is 286 g/mol. The van der Waals surface area contributed by atoms with Crippen LogP contribution >= 0.6 is 12.2 Å². The number of hydrogen-bond donors (Lipinski definition) is 0. The Bertz CT molecular complexity index is 521. The molecule has 1 atom stereocenters. The quantitative estimate of drug-likeness (QED) is 0.598. The zero-order valence-corrected chi connectivity index (χ0v) is 11.2. The summed E-state index contributed by atoms with van der Waals surface area (Å²) < 4.78 is 39.4. The predicted octanol–water partition coefficient (Wildman–Crippen LogP) is 4.21. The van der Waals surface area contributed by atoms with Crippen LogP contribution in [0.4, 0.5) is 18.9 Å². The Morgan fingerprint density at radius 2 is 2.16 bits per heavy atom. The third kappa shape index (κ3) is 3.03. The number of nitrogens with zero attached hydrogens (tertiary/aromatic N) is 2. The van der Waals surface area contributed by atoms with Crippen molar-refractivity contribution >= 4 is 23.1 Å². The monoisotopic (exact) mass is 286 g/mol. The molecule has 0 spiro atoms. The van der Waals surface area contributed by atoms with Gasteiger partial charge in [-0.15, -0.1) is 0 Å². The first-order valence-electron chi connectivity index (χ1n) is 5.92. The van der Waals surface area contributed by atoms with Gasteiger partial charge in [0.05, 0.1) is 16.4 Å². The summed E-state index contributed by atoms with van der Waals surface area (Å²) in [5.74, 6) is 0. The Labute approximate surface area is 114 Å². The van der Waals surface area contributed by atoms with Crippen LogP contribution in [0.5, 0.6) is 0 Å². The molecule has 1 aromatic carbocycles. The number of thiocarbonyl (C=S) groups is 1. The maximum atomic E-state index is 13.1. The Morgan fingerprint density at radius 1 is 1.42 bits per heavy atom. The highest BCUT2D eigenvalue weighted by Crippen LogP contribution is 2.41. The first kappa shape index (κ1) is 14.2. The van der Waals surface area contributed by atoms with Crippen molar-refractivity contribution in [1.29, 1.82) is 0 Å². The molecule has 1 aromatic rings. The molecule has 1 heterocycles. The molecule has 0 N–H and O–H groups in total. The molecule has 0 aliphatic carbocycles. The van der Waals surface area contributed by atoms with E-state index in [1.807, 2.05) is 11.9 Å². The molecule has 1 saturated heterocycles. The molecule has 6 heteroatoms. The summed E-state index contributed by atoms with van der Waals surface area (Å²) in [4.78, 5) is 5.57. The Balaban J connectivity index is 2.50. The van der Waals surface area contributed by atoms with E-state index in [-0.39, 0.29) is 11.7 Å². The van der Waals surface area contributed by atoms with Gasteiger partial charge < -0.3 is 0 Å². The normalized spacial score (nSPS) is 20.3. The third-order valence-corrected chi connectivity index (χ3v) is 3.49. The summed E-state index contributed by atoms with van der Waals surface area (Å²) in [7, 11) is 1.85. The maximum Gasteiger partial charge on any atom is 0.416 e. The van der Waals surface area contributed by atoms with Crippen molar-refractivity contribution in [2.45, 2.75) is 25.1 Å². The molecule has 0 unspecified atom stereocenters. The second-order valence-corrected chi connectivity index (χ2v) is 4.79. The lowest BCUT2D eigenvalue weighted by molar-refractivity contribution is -0.138. The van der Waals surface area contributed by atoms with Gasteiger partial charge in [-0.2, -0.15) is 18.2 Å². The van der Waals surface area contributed by atoms with E-state index in [4.69, 9.17) is 0 Å². The molecule has 2 nitrogen and oxygen atoms in total. The van der Waals surface area contributed by atoms with Crippen LogP contribution in [0.15, 0.2) is 23.2 Å². The fourth-order valence-corrected chi connectivity index (χ4v) is 2.61. The zero-order valence-electron chi connectivity index (χ0n) is 10.4. The lowest BCUT2D eigenvalue weighted by Gasteiger charge is -2.23. The predicted molar refractivity (Wildman–Crippen MR) is 70.7 cm³/mol. The summed E-state index contributed by atoms with van der Waals surface area (Å²) in [6.45, 7) is 0.821. The Kier molecular flexibility index (Phi) is 4.04. The molecule has 1 aliphatic rings. The first-order chi connectivity index (χ1) is 8.93. The summed E-state index contributed by atoms with van der Waals surface area (Å²) in [5, 5.41) is 2.09. The van der Waals surface area contributed by atoms with Gasteiger partial charge in [-0.05, 0) is 56.3 Å². The van der Waals surface area contributed by atoms with Crippen molar-refractivity contribution in [2.24, 2.45) is 4.99 Å². The molecule has 19 heavy (non-hydrogen) atoms. The molecule has 0 saturated carbocycles. The second kappa shape index (κ2) is 5.41. The zero-order chi connectivity index (χ0) is 14.0. The molecule has 0 radical (unpaired) electrons. The van der Waals surface area contributed by atoms with E-state index < -0.39 is 11.7 Å². The van der Waals surface area contributed by atoms with Crippen LogP contribution in [0.1, 0.15) is 30.0 Å². The van der Waals surface area contributed by atoms with Gasteiger partial charge in [-0.25, -0.2) is 0 Å². The lowest BCUT2D eigenvalue weighted by atomic mass is 9.97. The molecule has 1 fully saturated rings. The van der Waals surface area contributed by atoms with E-state index >= 15 is 0 Å². The minimum atomic E-state index is -4.38. The second-order valence-electron chi connectivity index (χ2n) is 4.61. The van der Waals surface area contributed by atoms with Gasteiger partial charge in [-0.3, -0.25) is 4.90 Å². The minimum absolute atomic E-state index is 0.179.